The lowest BCUT2D eigenvalue weighted by atomic mass is 10.2. The lowest BCUT2D eigenvalue weighted by Crippen LogP contribution is -2.25. The number of oxazole rings is 1. The van der Waals surface area contributed by atoms with Gasteiger partial charge < -0.3 is 4.42 Å². The quantitative estimate of drug-likeness (QED) is 0.718. The largest absolute Gasteiger partial charge is 0.439 e. The van der Waals surface area contributed by atoms with E-state index >= 15 is 0 Å². The van der Waals surface area contributed by atoms with Crippen LogP contribution in [0.25, 0.3) is 11.1 Å². The predicted octanol–water partition coefficient (Wildman–Crippen LogP) is 3.46. The van der Waals surface area contributed by atoms with Crippen LogP contribution in [0.15, 0.2) is 53.1 Å². The Morgan fingerprint density at radius 3 is 2.71 bits per heavy atom. The fraction of sp³-hybridized carbons (Fsp3) is 0.294. The van der Waals surface area contributed by atoms with Crippen LogP contribution in [0.3, 0.4) is 0 Å². The van der Waals surface area contributed by atoms with Crippen LogP contribution in [-0.2, 0) is 6.42 Å². The van der Waals surface area contributed by atoms with Gasteiger partial charge in [0.05, 0.1) is 6.04 Å². The molecule has 0 unspecified atom stereocenters. The summed E-state index contributed by atoms with van der Waals surface area (Å²) in [6.45, 7) is 3.03. The Hall–Kier alpha value is -2.20. The van der Waals surface area contributed by atoms with Crippen LogP contribution in [0.5, 0.6) is 0 Å². The van der Waals surface area contributed by atoms with E-state index in [9.17, 15) is 0 Å². The number of para-hydroxylation sites is 2. The van der Waals surface area contributed by atoms with Gasteiger partial charge in [-0.3, -0.25) is 9.88 Å². The Labute approximate surface area is 124 Å². The van der Waals surface area contributed by atoms with Crippen molar-refractivity contribution >= 4 is 11.1 Å². The standard InChI is InChI=1S/C17H19N3O/c1-13(17-19-15-8-3-4-9-16(15)21-17)20(2)12-10-14-7-5-6-11-18-14/h3-9,11,13H,10,12H2,1-2H3/t13-/m1/s1. The van der Waals surface area contributed by atoms with Crippen LogP contribution in [0.4, 0.5) is 0 Å². The molecule has 0 spiro atoms. The maximum atomic E-state index is 5.83. The molecule has 2 aromatic heterocycles. The second-order valence-corrected chi connectivity index (χ2v) is 5.25. The number of pyridine rings is 1. The summed E-state index contributed by atoms with van der Waals surface area (Å²) in [5.41, 5.74) is 2.86. The molecule has 0 N–H and O–H groups in total. The molecule has 0 aliphatic heterocycles. The minimum Gasteiger partial charge on any atom is -0.439 e. The third-order valence-corrected chi connectivity index (χ3v) is 3.78. The van der Waals surface area contributed by atoms with E-state index in [2.05, 4.69) is 34.9 Å². The average Bonchev–Trinajstić information content (AvgIpc) is 2.97. The van der Waals surface area contributed by atoms with Crippen molar-refractivity contribution in [2.45, 2.75) is 19.4 Å². The minimum absolute atomic E-state index is 0.140. The van der Waals surface area contributed by atoms with E-state index in [0.717, 1.165) is 35.6 Å². The lowest BCUT2D eigenvalue weighted by molar-refractivity contribution is 0.230. The van der Waals surface area contributed by atoms with Crippen LogP contribution < -0.4 is 0 Å². The first kappa shape index (κ1) is 13.8. The van der Waals surface area contributed by atoms with Gasteiger partial charge >= 0.3 is 0 Å². The van der Waals surface area contributed by atoms with Crippen LogP contribution in [0.1, 0.15) is 24.6 Å². The van der Waals surface area contributed by atoms with E-state index in [-0.39, 0.29) is 6.04 Å². The third kappa shape index (κ3) is 3.11. The molecule has 0 radical (unpaired) electrons. The van der Waals surface area contributed by atoms with Gasteiger partial charge in [-0.1, -0.05) is 18.2 Å². The van der Waals surface area contributed by atoms with Crippen molar-refractivity contribution in [1.82, 2.24) is 14.9 Å². The molecule has 4 nitrogen and oxygen atoms in total. The first-order valence-corrected chi connectivity index (χ1v) is 7.19. The highest BCUT2D eigenvalue weighted by Gasteiger charge is 2.17. The number of likely N-dealkylation sites (N-methyl/N-ethyl adjacent to an activating group) is 1. The van der Waals surface area contributed by atoms with Crippen LogP contribution in [0, 0.1) is 0 Å². The van der Waals surface area contributed by atoms with Crippen LogP contribution in [-0.4, -0.2) is 28.5 Å². The number of nitrogens with zero attached hydrogens (tertiary/aromatic N) is 3. The van der Waals surface area contributed by atoms with Crippen molar-refractivity contribution < 1.29 is 4.42 Å². The molecular formula is C17H19N3O. The van der Waals surface area contributed by atoms with Crippen molar-refractivity contribution in [3.05, 3.63) is 60.2 Å². The summed E-state index contributed by atoms with van der Waals surface area (Å²) >= 11 is 0. The Kier molecular flexibility index (Phi) is 3.97. The highest BCUT2D eigenvalue weighted by atomic mass is 16.3. The van der Waals surface area contributed by atoms with Crippen LogP contribution in [0.2, 0.25) is 0 Å². The van der Waals surface area contributed by atoms with Crippen molar-refractivity contribution in [3.63, 3.8) is 0 Å². The Morgan fingerprint density at radius 1 is 1.14 bits per heavy atom. The number of fused-ring (bicyclic) bond motifs is 1. The second-order valence-electron chi connectivity index (χ2n) is 5.25. The first-order valence-electron chi connectivity index (χ1n) is 7.19. The van der Waals surface area contributed by atoms with Gasteiger partial charge in [-0.25, -0.2) is 4.98 Å². The molecule has 3 rings (SSSR count). The topological polar surface area (TPSA) is 42.2 Å². The highest BCUT2D eigenvalue weighted by molar-refractivity contribution is 5.72. The molecule has 0 bridgehead atoms. The zero-order valence-electron chi connectivity index (χ0n) is 12.4. The van der Waals surface area contributed by atoms with Crippen molar-refractivity contribution in [3.8, 4) is 0 Å². The zero-order valence-corrected chi connectivity index (χ0v) is 12.4. The zero-order chi connectivity index (χ0) is 14.7. The maximum Gasteiger partial charge on any atom is 0.212 e. The Balaban J connectivity index is 1.67. The normalized spacial score (nSPS) is 12.9. The summed E-state index contributed by atoms with van der Waals surface area (Å²) in [5.74, 6) is 0.764. The molecule has 0 aliphatic rings. The number of hydrogen-bond acceptors (Lipinski definition) is 4. The molecule has 1 aromatic carbocycles. The summed E-state index contributed by atoms with van der Waals surface area (Å²) in [5, 5.41) is 0. The molecule has 21 heavy (non-hydrogen) atoms. The molecule has 0 amide bonds. The molecule has 3 aromatic rings. The SMILES string of the molecule is C[C@H](c1nc2ccccc2o1)N(C)CCc1ccccn1. The van der Waals surface area contributed by atoms with E-state index in [0.29, 0.717) is 0 Å². The lowest BCUT2D eigenvalue weighted by Gasteiger charge is -2.21. The molecule has 2 heterocycles. The Bertz CT molecular complexity index is 675. The molecule has 0 saturated carbocycles. The van der Waals surface area contributed by atoms with Gasteiger partial charge in [-0.2, -0.15) is 0 Å². The van der Waals surface area contributed by atoms with E-state index in [1.165, 1.54) is 0 Å². The number of rotatable bonds is 5. The van der Waals surface area contributed by atoms with Crippen molar-refractivity contribution in [2.75, 3.05) is 13.6 Å². The number of aromatic nitrogens is 2. The molecule has 4 heteroatoms. The van der Waals surface area contributed by atoms with Gasteiger partial charge in [0, 0.05) is 24.9 Å². The predicted molar refractivity (Wildman–Crippen MR) is 83.0 cm³/mol. The molecular weight excluding hydrogens is 262 g/mol. The van der Waals surface area contributed by atoms with E-state index < -0.39 is 0 Å². The number of benzene rings is 1. The average molecular weight is 281 g/mol. The summed E-state index contributed by atoms with van der Waals surface area (Å²) in [6.07, 6.45) is 2.75. The number of hydrogen-bond donors (Lipinski definition) is 0. The van der Waals surface area contributed by atoms with Crippen molar-refractivity contribution in [1.29, 1.82) is 0 Å². The van der Waals surface area contributed by atoms with E-state index in [1.807, 2.05) is 42.6 Å². The fourth-order valence-electron chi connectivity index (χ4n) is 2.29. The minimum atomic E-state index is 0.140. The summed E-state index contributed by atoms with van der Waals surface area (Å²) in [6, 6.07) is 14.0. The van der Waals surface area contributed by atoms with E-state index in [1.54, 1.807) is 0 Å². The summed E-state index contributed by atoms with van der Waals surface area (Å²) in [4.78, 5) is 11.2. The van der Waals surface area contributed by atoms with Gasteiger partial charge in [0.25, 0.3) is 0 Å². The molecule has 108 valence electrons. The third-order valence-electron chi connectivity index (χ3n) is 3.78. The molecule has 0 aliphatic carbocycles. The van der Waals surface area contributed by atoms with Gasteiger partial charge in [0.1, 0.15) is 5.52 Å². The van der Waals surface area contributed by atoms with Gasteiger partial charge in [-0.05, 0) is 38.2 Å². The van der Waals surface area contributed by atoms with Gasteiger partial charge in [-0.15, -0.1) is 0 Å². The second kappa shape index (κ2) is 6.06. The fourth-order valence-corrected chi connectivity index (χ4v) is 2.29. The highest BCUT2D eigenvalue weighted by Crippen LogP contribution is 2.23. The van der Waals surface area contributed by atoms with Crippen LogP contribution >= 0.6 is 0 Å². The summed E-state index contributed by atoms with van der Waals surface area (Å²) in [7, 11) is 2.09. The Morgan fingerprint density at radius 2 is 1.95 bits per heavy atom. The molecule has 1 atom stereocenters. The summed E-state index contributed by atoms with van der Waals surface area (Å²) < 4.78 is 5.83. The molecule has 0 fully saturated rings. The first-order chi connectivity index (χ1) is 10.2. The van der Waals surface area contributed by atoms with Crippen molar-refractivity contribution in [2.24, 2.45) is 0 Å². The van der Waals surface area contributed by atoms with Gasteiger partial charge in [0.15, 0.2) is 5.58 Å². The maximum absolute atomic E-state index is 5.83. The smallest absolute Gasteiger partial charge is 0.212 e. The van der Waals surface area contributed by atoms with E-state index in [4.69, 9.17) is 4.42 Å². The molecule has 0 saturated heterocycles. The monoisotopic (exact) mass is 281 g/mol. The van der Waals surface area contributed by atoms with Gasteiger partial charge in [0.2, 0.25) is 5.89 Å².